The number of amides is 4. The number of rotatable bonds is 6. The lowest BCUT2D eigenvalue weighted by atomic mass is 9.96. The topological polar surface area (TPSA) is 108 Å². The Bertz CT molecular complexity index is 787. The van der Waals surface area contributed by atoms with Crippen LogP contribution in [0.5, 0.6) is 5.75 Å². The number of nitrogens with one attached hydrogen (secondary N) is 2. The van der Waals surface area contributed by atoms with Crippen molar-refractivity contribution in [3.63, 3.8) is 0 Å². The molecule has 3 rings (SSSR count). The molecule has 1 atom stereocenters. The molecule has 1 aromatic rings. The van der Waals surface area contributed by atoms with Gasteiger partial charge in [0.2, 0.25) is 17.7 Å². The molecule has 9 heteroatoms. The predicted molar refractivity (Wildman–Crippen MR) is 105 cm³/mol. The molecule has 2 aliphatic heterocycles. The fourth-order valence-corrected chi connectivity index (χ4v) is 3.59. The van der Waals surface area contributed by atoms with Gasteiger partial charge in [0.25, 0.3) is 5.91 Å². The summed E-state index contributed by atoms with van der Waals surface area (Å²) in [4.78, 5) is 51.6. The van der Waals surface area contributed by atoms with Crippen LogP contribution in [0.15, 0.2) is 24.3 Å². The molecule has 0 spiro atoms. The summed E-state index contributed by atoms with van der Waals surface area (Å²) in [6.07, 6.45) is 1.11. The first-order valence-corrected chi connectivity index (χ1v) is 9.81. The number of imide groups is 1. The van der Waals surface area contributed by atoms with Crippen molar-refractivity contribution in [1.82, 2.24) is 15.8 Å². The van der Waals surface area contributed by atoms with Crippen LogP contribution in [0, 0.1) is 5.92 Å². The van der Waals surface area contributed by atoms with Crippen molar-refractivity contribution in [3.05, 3.63) is 24.3 Å². The van der Waals surface area contributed by atoms with Crippen LogP contribution >= 0.6 is 0 Å². The van der Waals surface area contributed by atoms with Crippen LogP contribution in [0.1, 0.15) is 33.1 Å². The SMILES string of the molecule is CCOc1ccc(N2C(=O)C[C@@H](NNC(=O)C3CCN(C(C)=O)CC3)C2=O)cc1. The van der Waals surface area contributed by atoms with Gasteiger partial charge in [-0.05, 0) is 44.0 Å². The Morgan fingerprint density at radius 1 is 1.14 bits per heavy atom. The van der Waals surface area contributed by atoms with Gasteiger partial charge in [-0.15, -0.1) is 0 Å². The van der Waals surface area contributed by atoms with E-state index in [0.717, 1.165) is 4.90 Å². The van der Waals surface area contributed by atoms with Gasteiger partial charge in [-0.1, -0.05) is 0 Å². The van der Waals surface area contributed by atoms with E-state index in [9.17, 15) is 19.2 Å². The van der Waals surface area contributed by atoms with Crippen LogP contribution in [0.25, 0.3) is 0 Å². The van der Waals surface area contributed by atoms with E-state index >= 15 is 0 Å². The molecular formula is C20H26N4O5. The zero-order chi connectivity index (χ0) is 21.0. The van der Waals surface area contributed by atoms with Crippen LogP contribution in [-0.4, -0.2) is 54.3 Å². The predicted octanol–water partition coefficient (Wildman–Crippen LogP) is 0.597. The molecule has 2 N–H and O–H groups in total. The quantitative estimate of drug-likeness (QED) is 0.533. The fraction of sp³-hybridized carbons (Fsp3) is 0.500. The Morgan fingerprint density at radius 2 is 1.79 bits per heavy atom. The van der Waals surface area contributed by atoms with E-state index in [1.165, 1.54) is 6.92 Å². The normalized spacial score (nSPS) is 20.1. The number of hydrazine groups is 1. The molecule has 2 heterocycles. The second kappa shape index (κ2) is 9.04. The summed E-state index contributed by atoms with van der Waals surface area (Å²) in [5, 5.41) is 0. The van der Waals surface area contributed by atoms with Gasteiger partial charge >= 0.3 is 0 Å². The number of carbonyl (C=O) groups is 4. The van der Waals surface area contributed by atoms with Gasteiger partial charge in [-0.2, -0.15) is 0 Å². The first-order valence-electron chi connectivity index (χ1n) is 9.81. The third kappa shape index (κ3) is 4.73. The maximum Gasteiger partial charge on any atom is 0.253 e. The van der Waals surface area contributed by atoms with E-state index in [-0.39, 0.29) is 30.1 Å². The lowest BCUT2D eigenvalue weighted by Crippen LogP contribution is -2.51. The Morgan fingerprint density at radius 3 is 2.38 bits per heavy atom. The Kier molecular flexibility index (Phi) is 6.48. The number of likely N-dealkylation sites (tertiary alicyclic amines) is 1. The summed E-state index contributed by atoms with van der Waals surface area (Å²) in [7, 11) is 0. The fourth-order valence-electron chi connectivity index (χ4n) is 3.59. The molecule has 0 aliphatic carbocycles. The number of piperidine rings is 1. The molecular weight excluding hydrogens is 376 g/mol. The second-order valence-corrected chi connectivity index (χ2v) is 7.16. The maximum atomic E-state index is 12.6. The lowest BCUT2D eigenvalue weighted by molar-refractivity contribution is -0.134. The standard InChI is InChI=1S/C20H26N4O5/c1-3-29-16-6-4-15(5-7-16)24-18(26)12-17(20(24)28)21-22-19(27)14-8-10-23(11-9-14)13(2)25/h4-7,14,17,21H,3,8-12H2,1-2H3,(H,22,27)/t17-/m1/s1. The van der Waals surface area contributed by atoms with E-state index in [1.54, 1.807) is 29.2 Å². The van der Waals surface area contributed by atoms with Gasteiger partial charge < -0.3 is 9.64 Å². The van der Waals surface area contributed by atoms with Gasteiger partial charge in [0.15, 0.2) is 0 Å². The minimum absolute atomic E-state index is 0.00595. The van der Waals surface area contributed by atoms with Gasteiger partial charge in [-0.25, -0.2) is 10.3 Å². The third-order valence-corrected chi connectivity index (χ3v) is 5.23. The molecule has 0 saturated carbocycles. The molecule has 4 amide bonds. The minimum atomic E-state index is -0.810. The number of hydrogen-bond acceptors (Lipinski definition) is 6. The zero-order valence-electron chi connectivity index (χ0n) is 16.6. The van der Waals surface area contributed by atoms with E-state index < -0.39 is 11.9 Å². The van der Waals surface area contributed by atoms with Gasteiger partial charge in [0.05, 0.1) is 18.7 Å². The molecule has 2 fully saturated rings. The van der Waals surface area contributed by atoms with Crippen molar-refractivity contribution < 1.29 is 23.9 Å². The van der Waals surface area contributed by atoms with Crippen LogP contribution in [0.4, 0.5) is 5.69 Å². The highest BCUT2D eigenvalue weighted by Crippen LogP contribution is 2.25. The summed E-state index contributed by atoms with van der Waals surface area (Å²) in [5.74, 6) is -0.536. The molecule has 2 aliphatic rings. The van der Waals surface area contributed by atoms with Gasteiger partial charge in [-0.3, -0.25) is 24.6 Å². The molecule has 9 nitrogen and oxygen atoms in total. The Labute approximate surface area is 169 Å². The first kappa shape index (κ1) is 20.8. The van der Waals surface area contributed by atoms with Crippen LogP contribution in [0.2, 0.25) is 0 Å². The zero-order valence-corrected chi connectivity index (χ0v) is 16.6. The van der Waals surface area contributed by atoms with E-state index in [4.69, 9.17) is 4.74 Å². The number of ether oxygens (including phenoxy) is 1. The molecule has 0 unspecified atom stereocenters. The maximum absolute atomic E-state index is 12.6. The highest BCUT2D eigenvalue weighted by molar-refractivity contribution is 6.22. The van der Waals surface area contributed by atoms with Gasteiger partial charge in [0.1, 0.15) is 11.8 Å². The average Bonchev–Trinajstić information content (AvgIpc) is 3.00. The monoisotopic (exact) mass is 402 g/mol. The smallest absolute Gasteiger partial charge is 0.253 e. The van der Waals surface area contributed by atoms with Crippen LogP contribution in [0.3, 0.4) is 0 Å². The summed E-state index contributed by atoms with van der Waals surface area (Å²) in [5.41, 5.74) is 5.75. The molecule has 156 valence electrons. The summed E-state index contributed by atoms with van der Waals surface area (Å²) >= 11 is 0. The summed E-state index contributed by atoms with van der Waals surface area (Å²) in [6, 6.07) is 5.91. The Balaban J connectivity index is 1.53. The molecule has 0 aromatic heterocycles. The van der Waals surface area contributed by atoms with E-state index in [2.05, 4.69) is 10.9 Å². The summed E-state index contributed by atoms with van der Waals surface area (Å²) in [6.45, 7) is 5.00. The number of hydrogen-bond donors (Lipinski definition) is 2. The molecule has 0 radical (unpaired) electrons. The van der Waals surface area contributed by atoms with E-state index in [1.807, 2.05) is 6.92 Å². The second-order valence-electron chi connectivity index (χ2n) is 7.16. The molecule has 29 heavy (non-hydrogen) atoms. The Hall–Kier alpha value is -2.94. The number of benzene rings is 1. The van der Waals surface area contributed by atoms with Crippen LogP contribution < -0.4 is 20.5 Å². The largest absolute Gasteiger partial charge is 0.494 e. The van der Waals surface area contributed by atoms with Gasteiger partial charge in [0, 0.05) is 25.9 Å². The average molecular weight is 402 g/mol. The van der Waals surface area contributed by atoms with Crippen LogP contribution in [-0.2, 0) is 19.2 Å². The number of nitrogens with zero attached hydrogens (tertiary/aromatic N) is 2. The first-order chi connectivity index (χ1) is 13.9. The van der Waals surface area contributed by atoms with Crippen molar-refractivity contribution in [2.24, 2.45) is 5.92 Å². The number of carbonyl (C=O) groups excluding carboxylic acids is 4. The summed E-state index contributed by atoms with van der Waals surface area (Å²) < 4.78 is 5.37. The van der Waals surface area contributed by atoms with Crippen molar-refractivity contribution in [2.45, 2.75) is 39.2 Å². The molecule has 2 saturated heterocycles. The van der Waals surface area contributed by atoms with Crippen molar-refractivity contribution in [1.29, 1.82) is 0 Å². The lowest BCUT2D eigenvalue weighted by Gasteiger charge is -2.30. The highest BCUT2D eigenvalue weighted by Gasteiger charge is 2.40. The van der Waals surface area contributed by atoms with E-state index in [0.29, 0.717) is 44.0 Å². The van der Waals surface area contributed by atoms with Crippen molar-refractivity contribution in [3.8, 4) is 5.75 Å². The molecule has 1 aromatic carbocycles. The van der Waals surface area contributed by atoms with Crippen molar-refractivity contribution >= 4 is 29.3 Å². The highest BCUT2D eigenvalue weighted by atomic mass is 16.5. The third-order valence-electron chi connectivity index (χ3n) is 5.23. The van der Waals surface area contributed by atoms with Crippen molar-refractivity contribution in [2.75, 3.05) is 24.6 Å². The molecule has 0 bridgehead atoms. The number of anilines is 1. The minimum Gasteiger partial charge on any atom is -0.494 e.